The Morgan fingerprint density at radius 3 is 2.63 bits per heavy atom. The summed E-state index contributed by atoms with van der Waals surface area (Å²) in [7, 11) is -3.68. The number of fused-ring (bicyclic) bond motifs is 2. The van der Waals surface area contributed by atoms with Gasteiger partial charge in [-0.05, 0) is 18.9 Å². The molecule has 1 aliphatic rings. The monoisotopic (exact) mass is 453 g/mol. The molecule has 7 nitrogen and oxygen atoms in total. The molecule has 0 aromatic carbocycles. The summed E-state index contributed by atoms with van der Waals surface area (Å²) >= 11 is 1.40. The maximum atomic E-state index is 13.0. The average molecular weight is 453 g/mol. The molecule has 4 heterocycles. The maximum Gasteiger partial charge on any atom is 0.434 e. The van der Waals surface area contributed by atoms with Crippen LogP contribution in [-0.4, -0.2) is 38.5 Å². The van der Waals surface area contributed by atoms with Crippen LogP contribution in [0.3, 0.4) is 0 Å². The molecule has 4 aromatic heterocycles. The van der Waals surface area contributed by atoms with Gasteiger partial charge in [0.15, 0.2) is 21.2 Å². The summed E-state index contributed by atoms with van der Waals surface area (Å²) in [5, 5.41) is 0.920. The van der Waals surface area contributed by atoms with Gasteiger partial charge >= 0.3 is 6.18 Å². The number of pyridine rings is 1. The van der Waals surface area contributed by atoms with E-state index in [1.807, 2.05) is 0 Å². The summed E-state index contributed by atoms with van der Waals surface area (Å²) in [5.41, 5.74) is -0.149. The Labute approximate surface area is 172 Å². The zero-order chi connectivity index (χ0) is 21.3. The number of hydrogen-bond acceptors (Lipinski definition) is 7. The Morgan fingerprint density at radius 2 is 1.97 bits per heavy atom. The van der Waals surface area contributed by atoms with E-state index in [1.165, 1.54) is 34.9 Å². The average Bonchev–Trinajstić information content (AvgIpc) is 3.32. The Bertz CT molecular complexity index is 1400. The van der Waals surface area contributed by atoms with Crippen LogP contribution in [0.1, 0.15) is 36.4 Å². The summed E-state index contributed by atoms with van der Waals surface area (Å²) < 4.78 is 65.5. The number of hydrogen-bond donors (Lipinski definition) is 0. The molecular formula is C18H14F3N5O2S2. The number of alkyl halides is 3. The minimum absolute atomic E-state index is 0.0300. The second-order valence-corrected chi connectivity index (χ2v) is 10.3. The van der Waals surface area contributed by atoms with Gasteiger partial charge in [0, 0.05) is 18.3 Å². The summed E-state index contributed by atoms with van der Waals surface area (Å²) in [6.45, 7) is 1.52. The Kier molecular flexibility index (Phi) is 4.16. The number of sulfone groups is 1. The Hall–Kier alpha value is -2.60. The van der Waals surface area contributed by atoms with Crippen molar-refractivity contribution in [1.82, 2.24) is 24.3 Å². The summed E-state index contributed by atoms with van der Waals surface area (Å²) in [6.07, 6.45) is 0.640. The molecule has 0 amide bonds. The van der Waals surface area contributed by atoms with Crippen LogP contribution in [0.2, 0.25) is 0 Å². The van der Waals surface area contributed by atoms with Crippen molar-refractivity contribution in [2.24, 2.45) is 0 Å². The molecule has 156 valence electrons. The van der Waals surface area contributed by atoms with Gasteiger partial charge in [-0.15, -0.1) is 0 Å². The van der Waals surface area contributed by atoms with Crippen molar-refractivity contribution >= 4 is 37.2 Å². The van der Waals surface area contributed by atoms with E-state index in [0.29, 0.717) is 16.3 Å². The number of imidazole rings is 1. The highest BCUT2D eigenvalue weighted by molar-refractivity contribution is 7.91. The van der Waals surface area contributed by atoms with Crippen molar-refractivity contribution in [3.63, 3.8) is 0 Å². The van der Waals surface area contributed by atoms with Crippen molar-refractivity contribution < 1.29 is 21.6 Å². The van der Waals surface area contributed by atoms with E-state index in [-0.39, 0.29) is 27.7 Å². The highest BCUT2D eigenvalue weighted by Crippen LogP contribution is 2.43. The van der Waals surface area contributed by atoms with E-state index in [4.69, 9.17) is 0 Å². The molecular weight excluding hydrogens is 439 g/mol. The van der Waals surface area contributed by atoms with Gasteiger partial charge in [0.2, 0.25) is 0 Å². The first-order valence-corrected chi connectivity index (χ1v) is 11.6. The van der Waals surface area contributed by atoms with E-state index in [9.17, 15) is 21.6 Å². The van der Waals surface area contributed by atoms with Crippen LogP contribution >= 0.6 is 11.3 Å². The first kappa shape index (κ1) is 19.4. The van der Waals surface area contributed by atoms with Gasteiger partial charge < -0.3 is 4.40 Å². The number of rotatable bonds is 4. The Morgan fingerprint density at radius 1 is 1.20 bits per heavy atom. The lowest BCUT2D eigenvalue weighted by molar-refractivity contribution is -0.141. The fourth-order valence-corrected chi connectivity index (χ4v) is 5.24. The minimum atomic E-state index is -4.60. The number of thiazole rings is 1. The predicted octanol–water partition coefficient (Wildman–Crippen LogP) is 4.09. The normalized spacial score (nSPS) is 15.3. The summed E-state index contributed by atoms with van der Waals surface area (Å²) in [5.74, 6) is 0.237. The molecule has 30 heavy (non-hydrogen) atoms. The first-order chi connectivity index (χ1) is 14.2. The second kappa shape index (κ2) is 6.45. The topological polar surface area (TPSA) is 90.1 Å². The Balaban J connectivity index is 1.72. The smallest absolute Gasteiger partial charge is 0.303 e. The third-order valence-electron chi connectivity index (χ3n) is 4.88. The zero-order valence-corrected chi connectivity index (χ0v) is 17.1. The van der Waals surface area contributed by atoms with Crippen molar-refractivity contribution in [2.45, 2.75) is 36.8 Å². The SMILES string of the molecule is CCS(=O)(=O)c1cc2nc(C3CC3)sc2nc1-c1cn2cc(C(F)(F)F)ncc2n1. The van der Waals surface area contributed by atoms with Gasteiger partial charge in [0.25, 0.3) is 0 Å². The molecule has 12 heteroatoms. The fourth-order valence-electron chi connectivity index (χ4n) is 3.10. The highest BCUT2D eigenvalue weighted by Gasteiger charge is 2.33. The quantitative estimate of drug-likeness (QED) is 0.462. The predicted molar refractivity (Wildman–Crippen MR) is 104 cm³/mol. The van der Waals surface area contributed by atoms with Gasteiger partial charge in [0.05, 0.1) is 21.9 Å². The van der Waals surface area contributed by atoms with Crippen LogP contribution in [0.15, 0.2) is 29.6 Å². The van der Waals surface area contributed by atoms with Crippen LogP contribution in [0.25, 0.3) is 27.4 Å². The molecule has 5 rings (SSSR count). The minimum Gasteiger partial charge on any atom is -0.303 e. The van der Waals surface area contributed by atoms with Crippen molar-refractivity contribution in [3.05, 3.63) is 35.4 Å². The highest BCUT2D eigenvalue weighted by atomic mass is 32.2. The van der Waals surface area contributed by atoms with Gasteiger partial charge in [0.1, 0.15) is 21.7 Å². The number of nitrogens with zero attached hydrogens (tertiary/aromatic N) is 5. The lowest BCUT2D eigenvalue weighted by atomic mass is 10.3. The van der Waals surface area contributed by atoms with Crippen LogP contribution in [-0.2, 0) is 16.0 Å². The lowest BCUT2D eigenvalue weighted by Crippen LogP contribution is -2.08. The van der Waals surface area contributed by atoms with E-state index < -0.39 is 21.7 Å². The van der Waals surface area contributed by atoms with Crippen LogP contribution in [0.5, 0.6) is 0 Å². The van der Waals surface area contributed by atoms with E-state index in [0.717, 1.165) is 30.2 Å². The third kappa shape index (κ3) is 3.23. The van der Waals surface area contributed by atoms with Gasteiger partial charge in [-0.1, -0.05) is 18.3 Å². The van der Waals surface area contributed by atoms with Crippen molar-refractivity contribution in [1.29, 1.82) is 0 Å². The number of aromatic nitrogens is 5. The maximum absolute atomic E-state index is 13.0. The number of halogens is 3. The second-order valence-electron chi connectivity index (χ2n) is 7.05. The molecule has 0 bridgehead atoms. The zero-order valence-electron chi connectivity index (χ0n) is 15.5. The van der Waals surface area contributed by atoms with Crippen molar-refractivity contribution in [3.8, 4) is 11.4 Å². The van der Waals surface area contributed by atoms with Crippen molar-refractivity contribution in [2.75, 3.05) is 5.75 Å². The molecule has 0 radical (unpaired) electrons. The molecule has 1 aliphatic carbocycles. The van der Waals surface area contributed by atoms with Crippen LogP contribution in [0, 0.1) is 0 Å². The standard InChI is InChI=1S/C18H14F3N5O2S2/c1-2-30(27,28)12-5-10-17(29-16(24-10)9-3-4-9)25-15(12)11-7-26-8-13(18(19,20)21)22-6-14(26)23-11/h5-9H,2-4H2,1H3. The lowest BCUT2D eigenvalue weighted by Gasteiger charge is -2.06. The molecule has 1 fully saturated rings. The first-order valence-electron chi connectivity index (χ1n) is 9.12. The summed E-state index contributed by atoms with van der Waals surface area (Å²) in [4.78, 5) is 17.3. The molecule has 0 spiro atoms. The molecule has 0 aliphatic heterocycles. The fraction of sp³-hybridized carbons (Fsp3) is 0.333. The van der Waals surface area contributed by atoms with Crippen LogP contribution in [0.4, 0.5) is 13.2 Å². The molecule has 0 atom stereocenters. The van der Waals surface area contributed by atoms with E-state index in [2.05, 4.69) is 19.9 Å². The summed E-state index contributed by atoms with van der Waals surface area (Å²) in [6, 6.07) is 1.49. The van der Waals surface area contributed by atoms with E-state index in [1.54, 1.807) is 0 Å². The van der Waals surface area contributed by atoms with Gasteiger partial charge in [-0.25, -0.2) is 28.4 Å². The van der Waals surface area contributed by atoms with Gasteiger partial charge in [-0.3, -0.25) is 0 Å². The third-order valence-corrected chi connectivity index (χ3v) is 7.75. The largest absolute Gasteiger partial charge is 0.434 e. The van der Waals surface area contributed by atoms with Gasteiger partial charge in [-0.2, -0.15) is 13.2 Å². The van der Waals surface area contributed by atoms with E-state index >= 15 is 0 Å². The van der Waals surface area contributed by atoms with Crippen LogP contribution < -0.4 is 0 Å². The molecule has 0 saturated heterocycles. The molecule has 0 unspecified atom stereocenters. The molecule has 0 N–H and O–H groups in total. The molecule has 4 aromatic rings. The molecule has 1 saturated carbocycles.